The minimum atomic E-state index is 0.275. The van der Waals surface area contributed by atoms with E-state index in [4.69, 9.17) is 34.3 Å². The Kier molecular flexibility index (Phi) is 5.02. The van der Waals surface area contributed by atoms with Gasteiger partial charge in [0, 0.05) is 36.5 Å². The molecular formula is C14H19ClN2OS. The molecule has 1 fully saturated rings. The Bertz CT molecular complexity index is 461. The Hall–Kier alpha value is -0.840. The average molecular weight is 299 g/mol. The summed E-state index contributed by atoms with van der Waals surface area (Å²) in [5, 5.41) is 0.686. The molecular weight excluding hydrogens is 280 g/mol. The van der Waals surface area contributed by atoms with Gasteiger partial charge in [0.2, 0.25) is 0 Å². The predicted molar refractivity (Wildman–Crippen MR) is 84.2 cm³/mol. The van der Waals surface area contributed by atoms with Crippen molar-refractivity contribution in [1.82, 2.24) is 0 Å². The second-order valence-corrected chi connectivity index (χ2v) is 5.77. The molecule has 104 valence electrons. The van der Waals surface area contributed by atoms with Crippen LogP contribution in [0.2, 0.25) is 5.02 Å². The maximum Gasteiger partial charge on any atom is 0.106 e. The van der Waals surface area contributed by atoms with Gasteiger partial charge < -0.3 is 15.4 Å². The molecule has 3 nitrogen and oxygen atoms in total. The lowest BCUT2D eigenvalue weighted by Crippen LogP contribution is -2.34. The van der Waals surface area contributed by atoms with Crippen molar-refractivity contribution in [3.05, 3.63) is 28.8 Å². The van der Waals surface area contributed by atoms with Crippen LogP contribution in [0.3, 0.4) is 0 Å². The predicted octanol–water partition coefficient (Wildman–Crippen LogP) is 2.98. The van der Waals surface area contributed by atoms with Gasteiger partial charge in [-0.2, -0.15) is 0 Å². The summed E-state index contributed by atoms with van der Waals surface area (Å²) in [5.41, 5.74) is 7.59. The van der Waals surface area contributed by atoms with E-state index in [-0.39, 0.29) is 6.10 Å². The molecule has 1 aromatic carbocycles. The normalized spacial score (nSPS) is 19.2. The average Bonchev–Trinajstić information content (AvgIpc) is 2.39. The van der Waals surface area contributed by atoms with Crippen LogP contribution in [0.5, 0.6) is 0 Å². The molecule has 1 aliphatic heterocycles. The smallest absolute Gasteiger partial charge is 0.106 e. The summed E-state index contributed by atoms with van der Waals surface area (Å²) in [7, 11) is 2.02. The molecule has 0 radical (unpaired) electrons. The summed E-state index contributed by atoms with van der Waals surface area (Å²) < 4.78 is 5.76. The number of nitrogens with zero attached hydrogens (tertiary/aromatic N) is 1. The molecule has 1 aliphatic rings. The topological polar surface area (TPSA) is 38.5 Å². The molecule has 1 saturated heterocycles. The molecule has 1 aromatic rings. The van der Waals surface area contributed by atoms with Crippen LogP contribution in [0.25, 0.3) is 0 Å². The van der Waals surface area contributed by atoms with Gasteiger partial charge >= 0.3 is 0 Å². The van der Waals surface area contributed by atoms with Crippen molar-refractivity contribution in [2.45, 2.75) is 25.4 Å². The van der Waals surface area contributed by atoms with Gasteiger partial charge in [-0.25, -0.2) is 0 Å². The first kappa shape index (κ1) is 14.6. The first-order valence-electron chi connectivity index (χ1n) is 6.50. The van der Waals surface area contributed by atoms with Crippen LogP contribution in [0.4, 0.5) is 5.69 Å². The zero-order chi connectivity index (χ0) is 13.8. The minimum absolute atomic E-state index is 0.275. The van der Waals surface area contributed by atoms with Crippen LogP contribution in [0, 0.1) is 0 Å². The van der Waals surface area contributed by atoms with Crippen LogP contribution >= 0.6 is 23.8 Å². The minimum Gasteiger partial charge on any atom is -0.389 e. The zero-order valence-corrected chi connectivity index (χ0v) is 12.6. The summed E-state index contributed by atoms with van der Waals surface area (Å²) in [6, 6.07) is 5.58. The van der Waals surface area contributed by atoms with E-state index in [0.29, 0.717) is 10.0 Å². The van der Waals surface area contributed by atoms with Crippen LogP contribution in [-0.2, 0) is 4.74 Å². The first-order chi connectivity index (χ1) is 9.08. The molecule has 0 aliphatic carbocycles. The van der Waals surface area contributed by atoms with Crippen LogP contribution in [0.15, 0.2) is 18.2 Å². The molecule has 2 N–H and O–H groups in total. The summed E-state index contributed by atoms with van der Waals surface area (Å²) in [4.78, 5) is 2.51. The summed E-state index contributed by atoms with van der Waals surface area (Å²) >= 11 is 11.2. The van der Waals surface area contributed by atoms with Crippen molar-refractivity contribution in [3.63, 3.8) is 0 Å². The molecule has 5 heteroatoms. The van der Waals surface area contributed by atoms with Crippen molar-refractivity contribution in [2.75, 3.05) is 25.1 Å². The molecule has 1 heterocycles. The van der Waals surface area contributed by atoms with Crippen molar-refractivity contribution in [3.8, 4) is 0 Å². The molecule has 19 heavy (non-hydrogen) atoms. The number of ether oxygens (including phenoxy) is 1. The highest BCUT2D eigenvalue weighted by atomic mass is 35.5. The van der Waals surface area contributed by atoms with Gasteiger partial charge in [0.25, 0.3) is 0 Å². The molecule has 1 unspecified atom stereocenters. The Labute approximate surface area is 124 Å². The molecule has 0 bridgehead atoms. The van der Waals surface area contributed by atoms with Gasteiger partial charge in [0.15, 0.2) is 0 Å². The van der Waals surface area contributed by atoms with Gasteiger partial charge in [-0.3, -0.25) is 0 Å². The quantitative estimate of drug-likeness (QED) is 0.867. The summed E-state index contributed by atoms with van der Waals surface area (Å²) in [5.74, 6) is 0. The number of hydrogen-bond donors (Lipinski definition) is 1. The third kappa shape index (κ3) is 3.81. The molecule has 0 saturated carbocycles. The van der Waals surface area contributed by atoms with E-state index < -0.39 is 0 Å². The molecule has 0 aromatic heterocycles. The number of thiocarbonyl (C=S) groups is 1. The maximum atomic E-state index is 6.07. The second-order valence-electron chi connectivity index (χ2n) is 4.89. The van der Waals surface area contributed by atoms with Crippen molar-refractivity contribution in [1.29, 1.82) is 0 Å². The highest BCUT2D eigenvalue weighted by Gasteiger charge is 2.18. The monoisotopic (exact) mass is 298 g/mol. The van der Waals surface area contributed by atoms with Gasteiger partial charge in [0.05, 0.1) is 6.10 Å². The van der Waals surface area contributed by atoms with Gasteiger partial charge in [-0.15, -0.1) is 0 Å². The number of halogens is 1. The number of benzene rings is 1. The first-order valence-corrected chi connectivity index (χ1v) is 7.28. The van der Waals surface area contributed by atoms with E-state index in [2.05, 4.69) is 4.90 Å². The number of rotatable bonds is 4. The number of hydrogen-bond acceptors (Lipinski definition) is 3. The molecule has 1 atom stereocenters. The lowest BCUT2D eigenvalue weighted by Gasteiger charge is -2.29. The van der Waals surface area contributed by atoms with E-state index in [1.165, 1.54) is 6.42 Å². The van der Waals surface area contributed by atoms with E-state index in [9.17, 15) is 0 Å². The summed E-state index contributed by atoms with van der Waals surface area (Å²) in [6.07, 6.45) is 3.77. The molecule has 0 spiro atoms. The van der Waals surface area contributed by atoms with Gasteiger partial charge in [-0.1, -0.05) is 23.8 Å². The van der Waals surface area contributed by atoms with E-state index >= 15 is 0 Å². The SMILES string of the molecule is CN(CC1CCCCO1)c1cc(Cl)ccc1C(N)=S. The molecule has 2 rings (SSSR count). The fourth-order valence-electron chi connectivity index (χ4n) is 2.38. The third-order valence-electron chi connectivity index (χ3n) is 3.39. The van der Waals surface area contributed by atoms with Crippen molar-refractivity contribution >= 4 is 34.5 Å². The second kappa shape index (κ2) is 6.55. The zero-order valence-electron chi connectivity index (χ0n) is 11.1. The molecule has 0 amide bonds. The summed E-state index contributed by atoms with van der Waals surface area (Å²) in [6.45, 7) is 1.69. The highest BCUT2D eigenvalue weighted by Crippen LogP contribution is 2.25. The fraction of sp³-hybridized carbons (Fsp3) is 0.500. The standard InChI is InChI=1S/C14H19ClN2OS/c1-17(9-11-4-2-3-7-18-11)13-8-10(15)5-6-12(13)14(16)19/h5-6,8,11H,2-4,7,9H2,1H3,(H2,16,19). The largest absolute Gasteiger partial charge is 0.389 e. The van der Waals surface area contributed by atoms with E-state index in [0.717, 1.165) is 37.2 Å². The maximum absolute atomic E-state index is 6.07. The number of anilines is 1. The van der Waals surface area contributed by atoms with Crippen molar-refractivity contribution in [2.24, 2.45) is 5.73 Å². The number of nitrogens with two attached hydrogens (primary N) is 1. The third-order valence-corrected chi connectivity index (χ3v) is 3.84. The van der Waals surface area contributed by atoms with Gasteiger partial charge in [-0.05, 0) is 37.5 Å². The lowest BCUT2D eigenvalue weighted by molar-refractivity contribution is 0.0216. The van der Waals surface area contributed by atoms with Crippen LogP contribution < -0.4 is 10.6 Å². The Morgan fingerprint density at radius 1 is 1.53 bits per heavy atom. The van der Waals surface area contributed by atoms with Crippen molar-refractivity contribution < 1.29 is 4.74 Å². The Morgan fingerprint density at radius 2 is 2.32 bits per heavy atom. The Balaban J connectivity index is 2.14. The van der Waals surface area contributed by atoms with E-state index in [1.54, 1.807) is 0 Å². The lowest BCUT2D eigenvalue weighted by atomic mass is 10.1. The Morgan fingerprint density at radius 3 is 2.95 bits per heavy atom. The highest BCUT2D eigenvalue weighted by molar-refractivity contribution is 7.80. The van der Waals surface area contributed by atoms with Gasteiger partial charge in [0.1, 0.15) is 4.99 Å². The van der Waals surface area contributed by atoms with E-state index in [1.807, 2.05) is 25.2 Å². The van der Waals surface area contributed by atoms with Crippen LogP contribution in [-0.4, -0.2) is 31.3 Å². The van der Waals surface area contributed by atoms with Crippen LogP contribution in [0.1, 0.15) is 24.8 Å². The number of likely N-dealkylation sites (N-methyl/N-ethyl adjacent to an activating group) is 1. The fourth-order valence-corrected chi connectivity index (χ4v) is 2.72.